The van der Waals surface area contributed by atoms with Gasteiger partial charge in [0.15, 0.2) is 6.65 Å². The van der Waals surface area contributed by atoms with Gasteiger partial charge in [-0.25, -0.2) is 4.39 Å². The second-order valence-corrected chi connectivity index (χ2v) is 0.651. The highest BCUT2D eigenvalue weighted by Crippen LogP contribution is 2.13. The van der Waals surface area contributed by atoms with Gasteiger partial charge in [0, 0.05) is 0 Å². The van der Waals surface area contributed by atoms with Crippen molar-refractivity contribution < 1.29 is 18.9 Å². The number of hydrogen-bond acceptors (Lipinski definition) is 0. The summed E-state index contributed by atoms with van der Waals surface area (Å²) in [5.74, 6) is 0. The quantitative estimate of drug-likeness (QED) is 0.408. The van der Waals surface area contributed by atoms with Crippen LogP contribution < -0.4 is 0 Å². The third-order valence-corrected chi connectivity index (χ3v) is 0.124. The van der Waals surface area contributed by atoms with E-state index in [2.05, 4.69) is 0 Å². The summed E-state index contributed by atoms with van der Waals surface area (Å²) in [5.41, 5.74) is 0. The molecule has 0 spiro atoms. The van der Waals surface area contributed by atoms with Gasteiger partial charge in [-0.2, -0.15) is 13.2 Å². The van der Waals surface area contributed by atoms with E-state index < -0.39 is 12.8 Å². The first-order valence-corrected chi connectivity index (χ1v) is 1.07. The smallest absolute Gasteiger partial charge is 0.241 e. The average Bonchev–Trinajstić information content (AvgIpc) is 1.31. The topological polar surface area (TPSA) is 0 Å². The second-order valence-electron chi connectivity index (χ2n) is 0.651. The molecule has 0 saturated carbocycles. The summed E-state index contributed by atoms with van der Waals surface area (Å²) in [6.45, 7) is -3.45. The Kier molecular flexibility index (Phi) is 0.939. The Morgan fingerprint density at radius 2 is 1.67 bits per heavy atom. The molecule has 0 aliphatic rings. The van der Waals surface area contributed by atoms with Crippen molar-refractivity contribution in [2.24, 2.45) is 0 Å². The van der Waals surface area contributed by atoms with Crippen molar-refractivity contribution in [2.45, 2.75) is 6.18 Å². The van der Waals surface area contributed by atoms with E-state index in [4.69, 9.17) is 1.37 Å². The molecule has 0 aliphatic heterocycles. The van der Waals surface area contributed by atoms with Crippen LogP contribution in [-0.4, -0.2) is 12.8 Å². The van der Waals surface area contributed by atoms with Crippen LogP contribution in [-0.2, 0) is 0 Å². The lowest BCUT2D eigenvalue weighted by Gasteiger charge is -1.93. The summed E-state index contributed by atoms with van der Waals surface area (Å²) in [4.78, 5) is 0. The van der Waals surface area contributed by atoms with E-state index in [9.17, 15) is 17.6 Å². The molecule has 0 nitrogen and oxygen atoms in total. The van der Waals surface area contributed by atoms with Crippen molar-refractivity contribution in [3.8, 4) is 0 Å². The Hall–Kier alpha value is -0.280. The first-order chi connectivity index (χ1) is 2.94. The van der Waals surface area contributed by atoms with Crippen molar-refractivity contribution in [2.75, 3.05) is 6.65 Å². The molecule has 1 unspecified atom stereocenters. The highest BCUT2D eigenvalue weighted by molar-refractivity contribution is 4.39. The van der Waals surface area contributed by atoms with Crippen molar-refractivity contribution in [1.82, 2.24) is 0 Å². The molecule has 0 fully saturated rings. The molecule has 0 aromatic rings. The molecule has 0 aromatic carbocycles. The fourth-order valence-corrected chi connectivity index (χ4v) is 0. The van der Waals surface area contributed by atoms with Crippen LogP contribution in [0, 0.1) is 0 Å². The predicted octanol–water partition coefficient (Wildman–Crippen LogP) is 1.52. The monoisotopic (exact) mass is 103 g/mol. The SMILES string of the molecule is [2H]C(F)C(F)(F)F. The Balaban J connectivity index is 3.54. The average molecular weight is 103 g/mol. The molecule has 4 heteroatoms. The Morgan fingerprint density at radius 3 is 1.67 bits per heavy atom. The van der Waals surface area contributed by atoms with Gasteiger partial charge in [0.25, 0.3) is 0 Å². The van der Waals surface area contributed by atoms with Crippen molar-refractivity contribution >= 4 is 0 Å². The lowest BCUT2D eigenvalue weighted by molar-refractivity contribution is -0.142. The molecule has 0 aromatic heterocycles. The maximum Gasteiger partial charge on any atom is 0.416 e. The Bertz CT molecular complexity index is 55.2. The van der Waals surface area contributed by atoms with Gasteiger partial charge in [0.05, 0.1) is 1.37 Å². The molecule has 0 aliphatic carbocycles. The Morgan fingerprint density at radius 1 is 1.50 bits per heavy atom. The minimum atomic E-state index is -5.00. The minimum Gasteiger partial charge on any atom is -0.241 e. The molecule has 0 rings (SSSR count). The number of halogens is 4. The van der Waals surface area contributed by atoms with Crippen LogP contribution in [0.2, 0.25) is 0 Å². The number of alkyl halides is 4. The molecule has 0 saturated heterocycles. The van der Waals surface area contributed by atoms with E-state index in [0.717, 1.165) is 0 Å². The van der Waals surface area contributed by atoms with Gasteiger partial charge in [-0.05, 0) is 0 Å². The van der Waals surface area contributed by atoms with E-state index in [1.165, 1.54) is 0 Å². The second kappa shape index (κ2) is 1.45. The minimum absolute atomic E-state index is 3.45. The first kappa shape index (κ1) is 3.89. The standard InChI is InChI=1S/C2H2F4/c3-1-2(4,5)6/h1H2/i1D. The van der Waals surface area contributed by atoms with E-state index in [1.54, 1.807) is 0 Å². The normalized spacial score (nSPS) is 19.7. The summed E-state index contributed by atoms with van der Waals surface area (Å²) < 4.78 is 48.0. The highest BCUT2D eigenvalue weighted by atomic mass is 19.4. The molecule has 0 amide bonds. The molecule has 0 radical (unpaired) electrons. The van der Waals surface area contributed by atoms with Gasteiger partial charge in [0.1, 0.15) is 0 Å². The largest absolute Gasteiger partial charge is 0.416 e. The molecule has 0 bridgehead atoms. The van der Waals surface area contributed by atoms with Crippen molar-refractivity contribution in [1.29, 1.82) is 0 Å². The maximum absolute atomic E-state index is 10.8. The molecular formula is C2H2F4. The van der Waals surface area contributed by atoms with Crippen LogP contribution in [0.5, 0.6) is 0 Å². The fraction of sp³-hybridized carbons (Fsp3) is 1.00. The van der Waals surface area contributed by atoms with E-state index >= 15 is 0 Å². The summed E-state index contributed by atoms with van der Waals surface area (Å²) in [6, 6.07) is 0. The van der Waals surface area contributed by atoms with Crippen LogP contribution in [0.3, 0.4) is 0 Å². The number of hydrogen-bond donors (Lipinski definition) is 0. The van der Waals surface area contributed by atoms with Gasteiger partial charge in [-0.3, -0.25) is 0 Å². The predicted molar refractivity (Wildman–Crippen MR) is 12.0 cm³/mol. The van der Waals surface area contributed by atoms with E-state index in [-0.39, 0.29) is 0 Å². The van der Waals surface area contributed by atoms with Gasteiger partial charge in [0.2, 0.25) is 0 Å². The number of rotatable bonds is 0. The zero-order chi connectivity index (χ0) is 6.08. The van der Waals surface area contributed by atoms with E-state index in [1.807, 2.05) is 0 Å². The highest BCUT2D eigenvalue weighted by Gasteiger charge is 2.26. The molecule has 0 heterocycles. The molecular weight excluding hydrogens is 100 g/mol. The van der Waals surface area contributed by atoms with Gasteiger partial charge in [-0.15, -0.1) is 0 Å². The van der Waals surface area contributed by atoms with Gasteiger partial charge >= 0.3 is 6.18 Å². The van der Waals surface area contributed by atoms with Crippen LogP contribution in [0.25, 0.3) is 0 Å². The van der Waals surface area contributed by atoms with Crippen LogP contribution >= 0.6 is 0 Å². The zero-order valence-corrected chi connectivity index (χ0v) is 2.59. The molecule has 0 N–H and O–H groups in total. The van der Waals surface area contributed by atoms with E-state index in [0.29, 0.717) is 0 Å². The van der Waals surface area contributed by atoms with Gasteiger partial charge < -0.3 is 0 Å². The van der Waals surface area contributed by atoms with Gasteiger partial charge in [-0.1, -0.05) is 0 Å². The van der Waals surface area contributed by atoms with Crippen LogP contribution in [0.1, 0.15) is 1.37 Å². The third-order valence-electron chi connectivity index (χ3n) is 0.124. The Labute approximate surface area is 33.2 Å². The molecule has 6 heavy (non-hydrogen) atoms. The third kappa shape index (κ3) is 3.72. The van der Waals surface area contributed by atoms with Crippen molar-refractivity contribution in [3.63, 3.8) is 0 Å². The molecule has 1 atom stereocenters. The van der Waals surface area contributed by atoms with Crippen molar-refractivity contribution in [3.05, 3.63) is 0 Å². The lowest BCUT2D eigenvalue weighted by atomic mass is 10.8. The van der Waals surface area contributed by atoms with Crippen LogP contribution in [0.15, 0.2) is 0 Å². The fourth-order valence-electron chi connectivity index (χ4n) is 0. The molecule has 38 valence electrons. The lowest BCUT2D eigenvalue weighted by Crippen LogP contribution is -2.08. The zero-order valence-electron chi connectivity index (χ0n) is 3.59. The summed E-state index contributed by atoms with van der Waals surface area (Å²) in [7, 11) is 0. The van der Waals surface area contributed by atoms with Crippen LogP contribution in [0.4, 0.5) is 17.6 Å². The summed E-state index contributed by atoms with van der Waals surface area (Å²) >= 11 is 0. The maximum atomic E-state index is 10.8. The first-order valence-electron chi connectivity index (χ1n) is 1.65. The summed E-state index contributed by atoms with van der Waals surface area (Å²) in [5, 5.41) is 0. The summed E-state index contributed by atoms with van der Waals surface area (Å²) in [6.07, 6.45) is -5.00.